The Morgan fingerprint density at radius 3 is 2.90 bits per heavy atom. The van der Waals surface area contributed by atoms with Crippen molar-refractivity contribution in [2.24, 2.45) is 0 Å². The zero-order valence-electron chi connectivity index (χ0n) is 11.8. The SMILES string of the molecule is COC1CCN([C@H](C)c2nc(-c3cccs3)no2)CC1. The molecule has 20 heavy (non-hydrogen) atoms. The normalized spacial score (nSPS) is 19.3. The van der Waals surface area contributed by atoms with Crippen molar-refractivity contribution >= 4 is 11.3 Å². The molecule has 2 aromatic heterocycles. The van der Waals surface area contributed by atoms with Crippen LogP contribution in [-0.2, 0) is 4.74 Å². The lowest BCUT2D eigenvalue weighted by Gasteiger charge is -2.33. The maximum Gasteiger partial charge on any atom is 0.244 e. The molecule has 6 heteroatoms. The summed E-state index contributed by atoms with van der Waals surface area (Å²) in [6, 6.07) is 4.16. The van der Waals surface area contributed by atoms with Crippen LogP contribution in [0.1, 0.15) is 31.7 Å². The van der Waals surface area contributed by atoms with Crippen molar-refractivity contribution in [2.75, 3.05) is 20.2 Å². The zero-order chi connectivity index (χ0) is 13.9. The van der Waals surface area contributed by atoms with Crippen molar-refractivity contribution in [2.45, 2.75) is 31.9 Å². The Balaban J connectivity index is 1.67. The average Bonchev–Trinajstić information content (AvgIpc) is 3.17. The number of hydrogen-bond donors (Lipinski definition) is 0. The average molecular weight is 293 g/mol. The van der Waals surface area contributed by atoms with Gasteiger partial charge in [-0.2, -0.15) is 4.98 Å². The molecule has 3 rings (SSSR count). The van der Waals surface area contributed by atoms with Gasteiger partial charge in [0.1, 0.15) is 0 Å². The topological polar surface area (TPSA) is 51.4 Å². The summed E-state index contributed by atoms with van der Waals surface area (Å²) in [4.78, 5) is 7.95. The smallest absolute Gasteiger partial charge is 0.244 e. The van der Waals surface area contributed by atoms with Crippen molar-refractivity contribution in [1.29, 1.82) is 0 Å². The second kappa shape index (κ2) is 6.03. The number of rotatable bonds is 4. The van der Waals surface area contributed by atoms with E-state index in [1.54, 1.807) is 18.4 Å². The highest BCUT2D eigenvalue weighted by molar-refractivity contribution is 7.13. The van der Waals surface area contributed by atoms with E-state index in [-0.39, 0.29) is 6.04 Å². The molecular formula is C14H19N3O2S. The van der Waals surface area contributed by atoms with Crippen molar-refractivity contribution in [1.82, 2.24) is 15.0 Å². The maximum atomic E-state index is 5.43. The highest BCUT2D eigenvalue weighted by Crippen LogP contribution is 2.27. The van der Waals surface area contributed by atoms with Gasteiger partial charge in [0.15, 0.2) is 0 Å². The Kier molecular flexibility index (Phi) is 4.14. The van der Waals surface area contributed by atoms with E-state index in [0.29, 0.717) is 17.8 Å². The third-order valence-corrected chi connectivity index (χ3v) is 4.76. The largest absolute Gasteiger partial charge is 0.381 e. The molecule has 0 saturated carbocycles. The standard InChI is InChI=1S/C14H19N3O2S/c1-10(17-7-5-11(18-2)6-8-17)14-15-13(16-19-14)12-4-3-9-20-12/h3-4,9-11H,5-8H2,1-2H3/t10-/m1/s1. The molecule has 2 aromatic rings. The number of piperidine rings is 1. The lowest BCUT2D eigenvalue weighted by molar-refractivity contribution is 0.0247. The molecule has 0 radical (unpaired) electrons. The summed E-state index contributed by atoms with van der Waals surface area (Å²) >= 11 is 1.62. The number of ether oxygens (including phenoxy) is 1. The minimum atomic E-state index is 0.161. The number of methoxy groups -OCH3 is 1. The molecule has 0 bridgehead atoms. The van der Waals surface area contributed by atoms with E-state index in [4.69, 9.17) is 9.26 Å². The highest BCUT2D eigenvalue weighted by atomic mass is 32.1. The van der Waals surface area contributed by atoms with E-state index in [2.05, 4.69) is 22.0 Å². The van der Waals surface area contributed by atoms with Crippen LogP contribution < -0.4 is 0 Å². The minimum absolute atomic E-state index is 0.161. The first-order valence-corrected chi connectivity index (χ1v) is 7.80. The van der Waals surface area contributed by atoms with Gasteiger partial charge >= 0.3 is 0 Å². The molecule has 1 fully saturated rings. The molecule has 0 N–H and O–H groups in total. The molecule has 0 aromatic carbocycles. The van der Waals surface area contributed by atoms with Crippen molar-refractivity contribution in [3.8, 4) is 10.7 Å². The van der Waals surface area contributed by atoms with Crippen molar-refractivity contribution in [3.05, 3.63) is 23.4 Å². The Labute approximate surface area is 122 Å². The molecule has 0 unspecified atom stereocenters. The molecule has 108 valence electrons. The van der Waals surface area contributed by atoms with Gasteiger partial charge in [-0.3, -0.25) is 4.90 Å². The zero-order valence-corrected chi connectivity index (χ0v) is 12.6. The van der Waals surface area contributed by atoms with E-state index in [0.717, 1.165) is 30.8 Å². The van der Waals surface area contributed by atoms with Crippen LogP contribution in [0.15, 0.2) is 22.0 Å². The first kappa shape index (κ1) is 13.7. The van der Waals surface area contributed by atoms with Crippen LogP contribution in [0, 0.1) is 0 Å². The van der Waals surface area contributed by atoms with E-state index < -0.39 is 0 Å². The molecule has 1 atom stereocenters. The lowest BCUT2D eigenvalue weighted by atomic mass is 10.1. The lowest BCUT2D eigenvalue weighted by Crippen LogP contribution is -2.38. The van der Waals surface area contributed by atoms with Crippen LogP contribution in [0.4, 0.5) is 0 Å². The summed E-state index contributed by atoms with van der Waals surface area (Å²) in [5.74, 6) is 1.39. The third-order valence-electron chi connectivity index (χ3n) is 3.90. The molecule has 1 aliphatic rings. The highest BCUT2D eigenvalue weighted by Gasteiger charge is 2.26. The van der Waals surface area contributed by atoms with Crippen LogP contribution in [0.5, 0.6) is 0 Å². The van der Waals surface area contributed by atoms with E-state index in [1.165, 1.54) is 0 Å². The molecule has 1 saturated heterocycles. The number of likely N-dealkylation sites (tertiary alicyclic amines) is 1. The third kappa shape index (κ3) is 2.77. The van der Waals surface area contributed by atoms with E-state index in [1.807, 2.05) is 17.5 Å². The minimum Gasteiger partial charge on any atom is -0.381 e. The number of thiophene rings is 1. The van der Waals surface area contributed by atoms with Crippen LogP contribution >= 0.6 is 11.3 Å². The summed E-state index contributed by atoms with van der Waals surface area (Å²) in [6.07, 6.45) is 2.52. The molecule has 5 nitrogen and oxygen atoms in total. The van der Waals surface area contributed by atoms with E-state index >= 15 is 0 Å². The van der Waals surface area contributed by atoms with Crippen molar-refractivity contribution < 1.29 is 9.26 Å². The Hall–Kier alpha value is -1.24. The molecule has 1 aliphatic heterocycles. The van der Waals surface area contributed by atoms with Gasteiger partial charge < -0.3 is 9.26 Å². The van der Waals surface area contributed by atoms with Gasteiger partial charge in [-0.15, -0.1) is 11.3 Å². The fourth-order valence-corrected chi connectivity index (χ4v) is 3.21. The molecule has 0 spiro atoms. The predicted molar refractivity (Wildman–Crippen MR) is 77.6 cm³/mol. The van der Waals surface area contributed by atoms with Gasteiger partial charge in [-0.25, -0.2) is 0 Å². The quantitative estimate of drug-likeness (QED) is 0.867. The maximum absolute atomic E-state index is 5.43. The molecular weight excluding hydrogens is 274 g/mol. The number of nitrogens with zero attached hydrogens (tertiary/aromatic N) is 3. The van der Waals surface area contributed by atoms with Crippen LogP contribution in [0.2, 0.25) is 0 Å². The summed E-state index contributed by atoms with van der Waals surface area (Å²) in [5, 5.41) is 6.10. The van der Waals surface area contributed by atoms with Gasteiger partial charge in [0.05, 0.1) is 17.0 Å². The Morgan fingerprint density at radius 2 is 2.25 bits per heavy atom. The second-order valence-corrected chi connectivity index (χ2v) is 6.03. The van der Waals surface area contributed by atoms with Gasteiger partial charge in [-0.1, -0.05) is 11.2 Å². The number of hydrogen-bond acceptors (Lipinski definition) is 6. The Morgan fingerprint density at radius 1 is 1.45 bits per heavy atom. The molecule has 0 aliphatic carbocycles. The van der Waals surface area contributed by atoms with Crippen molar-refractivity contribution in [3.63, 3.8) is 0 Å². The monoisotopic (exact) mass is 293 g/mol. The summed E-state index contributed by atoms with van der Waals surface area (Å²) < 4.78 is 10.8. The number of aromatic nitrogens is 2. The van der Waals surface area contributed by atoms with Crippen LogP contribution in [-0.4, -0.2) is 41.3 Å². The van der Waals surface area contributed by atoms with Gasteiger partial charge in [0.25, 0.3) is 0 Å². The van der Waals surface area contributed by atoms with E-state index in [9.17, 15) is 0 Å². The summed E-state index contributed by atoms with van der Waals surface area (Å²) in [5.41, 5.74) is 0. The first-order chi connectivity index (χ1) is 9.78. The molecule has 3 heterocycles. The summed E-state index contributed by atoms with van der Waals surface area (Å²) in [6.45, 7) is 4.14. The van der Waals surface area contributed by atoms with Gasteiger partial charge in [-0.05, 0) is 31.2 Å². The second-order valence-electron chi connectivity index (χ2n) is 5.08. The van der Waals surface area contributed by atoms with Crippen LogP contribution in [0.3, 0.4) is 0 Å². The fourth-order valence-electron chi connectivity index (χ4n) is 2.57. The first-order valence-electron chi connectivity index (χ1n) is 6.92. The van der Waals surface area contributed by atoms with Gasteiger partial charge in [0.2, 0.25) is 11.7 Å². The predicted octanol–water partition coefficient (Wildman–Crippen LogP) is 2.97. The summed E-state index contributed by atoms with van der Waals surface area (Å²) in [7, 11) is 1.79. The van der Waals surface area contributed by atoms with Crippen LogP contribution in [0.25, 0.3) is 10.7 Å². The van der Waals surface area contributed by atoms with Gasteiger partial charge in [0, 0.05) is 20.2 Å². The Bertz CT molecular complexity index is 532. The molecule has 0 amide bonds. The fraction of sp³-hybridized carbons (Fsp3) is 0.571.